The lowest BCUT2D eigenvalue weighted by Crippen LogP contribution is -2.30. The van der Waals surface area contributed by atoms with Gasteiger partial charge < -0.3 is 19.5 Å². The summed E-state index contributed by atoms with van der Waals surface area (Å²) in [4.78, 5) is 28.2. The van der Waals surface area contributed by atoms with Crippen molar-refractivity contribution in [2.24, 2.45) is 0 Å². The number of Topliss-reactive ketones (excluding diaryl/α,β-unsaturated/α-hetero) is 1. The molecule has 1 unspecified atom stereocenters. The van der Waals surface area contributed by atoms with E-state index in [4.69, 9.17) is 4.42 Å². The Morgan fingerprint density at radius 2 is 1.93 bits per heavy atom. The summed E-state index contributed by atoms with van der Waals surface area (Å²) in [5.41, 5.74) is 0.264. The molecule has 1 aromatic carbocycles. The van der Waals surface area contributed by atoms with Crippen molar-refractivity contribution in [1.29, 1.82) is 0 Å². The molecule has 142 valence electrons. The second-order valence-corrected chi connectivity index (χ2v) is 7.51. The lowest BCUT2D eigenvalue weighted by Gasteiger charge is -2.26. The third kappa shape index (κ3) is 2.99. The molecule has 0 fully saturated rings. The number of hydrogen-bond acceptors (Lipinski definition) is 6. The first-order chi connectivity index (χ1) is 13.5. The zero-order valence-corrected chi connectivity index (χ0v) is 15.8. The number of benzene rings is 1. The van der Waals surface area contributed by atoms with E-state index in [0.717, 1.165) is 4.88 Å². The van der Waals surface area contributed by atoms with Gasteiger partial charge in [-0.15, -0.1) is 11.3 Å². The van der Waals surface area contributed by atoms with Crippen molar-refractivity contribution in [3.8, 4) is 5.75 Å². The minimum atomic E-state index is -0.922. The van der Waals surface area contributed by atoms with Crippen LogP contribution in [0.3, 0.4) is 0 Å². The number of ketones is 1. The van der Waals surface area contributed by atoms with Gasteiger partial charge in [0.25, 0.3) is 5.91 Å². The number of carbonyl (C=O) groups is 2. The van der Waals surface area contributed by atoms with E-state index in [-0.39, 0.29) is 23.6 Å². The van der Waals surface area contributed by atoms with Crippen LogP contribution in [0.1, 0.15) is 32.8 Å². The Morgan fingerprint density at radius 3 is 2.57 bits per heavy atom. The fourth-order valence-electron chi connectivity index (χ4n) is 3.35. The molecule has 0 radical (unpaired) electrons. The smallest absolute Gasteiger partial charge is 0.290 e. The Morgan fingerprint density at radius 1 is 1.14 bits per heavy atom. The number of hydrogen-bond donors (Lipinski definition) is 2. The summed E-state index contributed by atoms with van der Waals surface area (Å²) in [6.45, 7) is 1.90. The number of carbonyl (C=O) groups excluding carboxylic acids is 2. The SMILES string of the molecule is Cc1ccc(C(=O)C2=C(O)C(=O)N(Cc3cccs3)C2c2ccccc2O)o1. The van der Waals surface area contributed by atoms with Crippen molar-refractivity contribution >= 4 is 23.0 Å². The van der Waals surface area contributed by atoms with E-state index in [9.17, 15) is 19.8 Å². The highest BCUT2D eigenvalue weighted by atomic mass is 32.1. The predicted molar refractivity (Wildman–Crippen MR) is 103 cm³/mol. The van der Waals surface area contributed by atoms with Crippen LogP contribution in [0, 0.1) is 6.92 Å². The number of rotatable bonds is 5. The summed E-state index contributed by atoms with van der Waals surface area (Å²) in [6.07, 6.45) is 0. The summed E-state index contributed by atoms with van der Waals surface area (Å²) in [5.74, 6) is -1.35. The molecule has 0 bridgehead atoms. The molecular weight excluding hydrogens is 378 g/mol. The third-order valence-corrected chi connectivity index (χ3v) is 5.51. The number of phenolic OH excluding ortho intramolecular Hbond substituents is 1. The minimum Gasteiger partial charge on any atom is -0.508 e. The second-order valence-electron chi connectivity index (χ2n) is 6.48. The van der Waals surface area contributed by atoms with E-state index in [1.54, 1.807) is 31.2 Å². The molecule has 2 aromatic heterocycles. The summed E-state index contributed by atoms with van der Waals surface area (Å²) >= 11 is 1.46. The standard InChI is InChI=1S/C21H17NO5S/c1-12-8-9-16(27-12)19(24)17-18(14-6-2-3-7-15(14)23)22(21(26)20(17)25)11-13-5-4-10-28-13/h2-10,18,23,25H,11H2,1H3. The summed E-state index contributed by atoms with van der Waals surface area (Å²) in [5, 5.41) is 22.8. The fourth-order valence-corrected chi connectivity index (χ4v) is 4.05. The Kier molecular flexibility index (Phi) is 4.52. The summed E-state index contributed by atoms with van der Waals surface area (Å²) < 4.78 is 5.41. The van der Waals surface area contributed by atoms with Crippen molar-refractivity contribution in [1.82, 2.24) is 4.90 Å². The number of phenols is 1. The molecule has 3 aromatic rings. The molecule has 0 saturated carbocycles. The molecule has 1 amide bonds. The van der Waals surface area contributed by atoms with E-state index in [2.05, 4.69) is 0 Å². The van der Waals surface area contributed by atoms with E-state index in [1.165, 1.54) is 28.4 Å². The monoisotopic (exact) mass is 395 g/mol. The molecule has 2 N–H and O–H groups in total. The maximum absolute atomic E-state index is 13.1. The van der Waals surface area contributed by atoms with Gasteiger partial charge in [0.15, 0.2) is 11.5 Å². The molecule has 0 aliphatic carbocycles. The first-order valence-electron chi connectivity index (χ1n) is 8.63. The van der Waals surface area contributed by atoms with E-state index >= 15 is 0 Å². The van der Waals surface area contributed by atoms with Crippen LogP contribution in [0.15, 0.2) is 69.7 Å². The Balaban J connectivity index is 1.83. The van der Waals surface area contributed by atoms with Crippen molar-refractivity contribution < 1.29 is 24.2 Å². The molecule has 3 heterocycles. The van der Waals surface area contributed by atoms with Crippen molar-refractivity contribution in [3.63, 3.8) is 0 Å². The van der Waals surface area contributed by atoms with Gasteiger partial charge >= 0.3 is 0 Å². The fraction of sp³-hybridized carbons (Fsp3) is 0.143. The van der Waals surface area contributed by atoms with E-state index in [1.807, 2.05) is 17.5 Å². The molecule has 1 aliphatic rings. The lowest BCUT2D eigenvalue weighted by atomic mass is 9.94. The molecule has 1 aliphatic heterocycles. The van der Waals surface area contributed by atoms with Crippen molar-refractivity contribution in [2.75, 3.05) is 0 Å². The largest absolute Gasteiger partial charge is 0.508 e. The van der Waals surface area contributed by atoms with Gasteiger partial charge in [-0.2, -0.15) is 0 Å². The maximum Gasteiger partial charge on any atom is 0.290 e. The molecule has 7 heteroatoms. The van der Waals surface area contributed by atoms with Gasteiger partial charge in [-0.1, -0.05) is 24.3 Å². The van der Waals surface area contributed by atoms with Crippen LogP contribution in [0.4, 0.5) is 0 Å². The number of aryl methyl sites for hydroxylation is 1. The Bertz CT molecular complexity index is 1080. The van der Waals surface area contributed by atoms with Crippen LogP contribution in [0.2, 0.25) is 0 Å². The Hall–Kier alpha value is -3.32. The normalized spacial score (nSPS) is 16.8. The molecule has 6 nitrogen and oxygen atoms in total. The van der Waals surface area contributed by atoms with Gasteiger partial charge in [-0.25, -0.2) is 0 Å². The maximum atomic E-state index is 13.1. The van der Waals surface area contributed by atoms with E-state index < -0.39 is 23.5 Å². The number of aliphatic hydroxyl groups is 1. The number of amides is 1. The molecule has 0 spiro atoms. The van der Waals surface area contributed by atoms with Crippen LogP contribution < -0.4 is 0 Å². The first kappa shape index (κ1) is 18.1. The highest BCUT2D eigenvalue weighted by Crippen LogP contribution is 2.43. The van der Waals surface area contributed by atoms with Crippen molar-refractivity contribution in [2.45, 2.75) is 19.5 Å². The van der Waals surface area contributed by atoms with Crippen LogP contribution >= 0.6 is 11.3 Å². The minimum absolute atomic E-state index is 0.0326. The Labute approximate surface area is 165 Å². The third-order valence-electron chi connectivity index (χ3n) is 4.65. The van der Waals surface area contributed by atoms with Gasteiger partial charge in [0, 0.05) is 10.4 Å². The summed E-state index contributed by atoms with van der Waals surface area (Å²) in [7, 11) is 0. The number of para-hydroxylation sites is 1. The van der Waals surface area contributed by atoms with Crippen LogP contribution in [-0.4, -0.2) is 26.8 Å². The average molecular weight is 395 g/mol. The molecule has 4 rings (SSSR count). The highest BCUT2D eigenvalue weighted by Gasteiger charge is 2.45. The van der Waals surface area contributed by atoms with Gasteiger partial charge in [-0.3, -0.25) is 9.59 Å². The zero-order chi connectivity index (χ0) is 19.8. The summed E-state index contributed by atoms with van der Waals surface area (Å²) in [6, 6.07) is 12.4. The van der Waals surface area contributed by atoms with Crippen LogP contribution in [-0.2, 0) is 11.3 Å². The first-order valence-corrected chi connectivity index (χ1v) is 9.51. The van der Waals surface area contributed by atoms with E-state index in [0.29, 0.717) is 11.3 Å². The number of aliphatic hydroxyl groups excluding tert-OH is 1. The van der Waals surface area contributed by atoms with Gasteiger partial charge in [0.05, 0.1) is 18.2 Å². The molecule has 28 heavy (non-hydrogen) atoms. The predicted octanol–water partition coefficient (Wildman–Crippen LogP) is 4.13. The molecular formula is C21H17NO5S. The second kappa shape index (κ2) is 7.01. The number of aromatic hydroxyl groups is 1. The van der Waals surface area contributed by atoms with Crippen LogP contribution in [0.25, 0.3) is 0 Å². The highest BCUT2D eigenvalue weighted by molar-refractivity contribution is 7.09. The van der Waals surface area contributed by atoms with Gasteiger partial charge in [-0.05, 0) is 36.6 Å². The number of furan rings is 1. The number of nitrogens with zero attached hydrogens (tertiary/aromatic N) is 1. The average Bonchev–Trinajstić information content (AvgIpc) is 3.39. The van der Waals surface area contributed by atoms with Gasteiger partial charge in [0.1, 0.15) is 11.5 Å². The van der Waals surface area contributed by atoms with Gasteiger partial charge in [0.2, 0.25) is 5.78 Å². The number of thiophene rings is 1. The molecule has 1 atom stereocenters. The quantitative estimate of drug-likeness (QED) is 0.634. The molecule has 0 saturated heterocycles. The topological polar surface area (TPSA) is 91.0 Å². The zero-order valence-electron chi connectivity index (χ0n) is 15.0. The van der Waals surface area contributed by atoms with Crippen molar-refractivity contribution in [3.05, 3.63) is 87.2 Å². The van der Waals surface area contributed by atoms with Crippen LogP contribution in [0.5, 0.6) is 5.75 Å². The lowest BCUT2D eigenvalue weighted by molar-refractivity contribution is -0.130.